The summed E-state index contributed by atoms with van der Waals surface area (Å²) in [5.41, 5.74) is 1.38. The summed E-state index contributed by atoms with van der Waals surface area (Å²) in [5, 5.41) is 7.91. The van der Waals surface area contributed by atoms with Crippen LogP contribution in [0.2, 0.25) is 0 Å². The second-order valence-electron chi connectivity index (χ2n) is 7.67. The maximum Gasteiger partial charge on any atom is 0.420 e. The number of hydrogen-bond donors (Lipinski definition) is 2. The summed E-state index contributed by atoms with van der Waals surface area (Å²) in [6.07, 6.45) is -2.53. The molecule has 1 fully saturated rings. The standard InChI is InChI=1S/C22H18F3N3O3S/c23-22(24,25)15-8-14(4-6-18(15)30-9-12-1-2-12)26-21-28-17(11-32-21)13-3-5-19-16(7-13)27-20(29)10-31-19/h3-8,11-12H,1-2,9-10H2,(H,26,28)(H,27,29). The molecule has 6 nitrogen and oxygen atoms in total. The molecule has 166 valence electrons. The van der Waals surface area contributed by atoms with E-state index >= 15 is 0 Å². The van der Waals surface area contributed by atoms with E-state index in [-0.39, 0.29) is 24.0 Å². The number of hydrogen-bond acceptors (Lipinski definition) is 6. The van der Waals surface area contributed by atoms with Crippen molar-refractivity contribution in [3.63, 3.8) is 0 Å². The van der Waals surface area contributed by atoms with Crippen LogP contribution in [0.25, 0.3) is 11.3 Å². The monoisotopic (exact) mass is 461 g/mol. The summed E-state index contributed by atoms with van der Waals surface area (Å²) in [6.45, 7) is 0.277. The fourth-order valence-electron chi connectivity index (χ4n) is 3.28. The topological polar surface area (TPSA) is 72.5 Å². The number of nitrogens with one attached hydrogen (secondary N) is 2. The number of rotatable bonds is 6. The highest BCUT2D eigenvalue weighted by Crippen LogP contribution is 2.40. The molecule has 5 rings (SSSR count). The van der Waals surface area contributed by atoms with Gasteiger partial charge >= 0.3 is 6.18 Å². The number of aromatic nitrogens is 1. The van der Waals surface area contributed by atoms with Gasteiger partial charge in [-0.3, -0.25) is 4.79 Å². The third-order valence-electron chi connectivity index (χ3n) is 5.12. The van der Waals surface area contributed by atoms with Gasteiger partial charge in [0.2, 0.25) is 0 Å². The molecule has 2 heterocycles. The van der Waals surface area contributed by atoms with Gasteiger partial charge in [0.25, 0.3) is 5.91 Å². The van der Waals surface area contributed by atoms with Crippen LogP contribution in [0.5, 0.6) is 11.5 Å². The molecule has 2 aromatic carbocycles. The van der Waals surface area contributed by atoms with Gasteiger partial charge < -0.3 is 20.1 Å². The Morgan fingerprint density at radius 3 is 2.84 bits per heavy atom. The first kappa shape index (κ1) is 20.6. The van der Waals surface area contributed by atoms with Crippen LogP contribution in [-0.4, -0.2) is 24.1 Å². The highest BCUT2D eigenvalue weighted by Gasteiger charge is 2.35. The molecule has 1 aliphatic carbocycles. The smallest absolute Gasteiger partial charge is 0.420 e. The van der Waals surface area contributed by atoms with Crippen molar-refractivity contribution in [1.29, 1.82) is 0 Å². The van der Waals surface area contributed by atoms with Crippen molar-refractivity contribution in [3.8, 4) is 22.8 Å². The zero-order chi connectivity index (χ0) is 22.3. The number of benzene rings is 2. The minimum atomic E-state index is -4.53. The number of alkyl halides is 3. The molecule has 0 atom stereocenters. The SMILES string of the molecule is O=C1COc2ccc(-c3csc(Nc4ccc(OCC5CC5)c(C(F)(F)F)c4)n3)cc2N1. The molecule has 1 amide bonds. The van der Waals surface area contributed by atoms with Gasteiger partial charge in [-0.1, -0.05) is 0 Å². The summed E-state index contributed by atoms with van der Waals surface area (Å²) in [6, 6.07) is 9.22. The zero-order valence-electron chi connectivity index (χ0n) is 16.7. The summed E-state index contributed by atoms with van der Waals surface area (Å²) in [4.78, 5) is 16.0. The lowest BCUT2D eigenvalue weighted by molar-refractivity contribution is -0.139. The Kier molecular flexibility index (Phi) is 5.16. The van der Waals surface area contributed by atoms with Crippen LogP contribution in [0.15, 0.2) is 41.8 Å². The summed E-state index contributed by atoms with van der Waals surface area (Å²) in [7, 11) is 0. The van der Waals surface area contributed by atoms with Gasteiger partial charge in [-0.2, -0.15) is 13.2 Å². The number of anilines is 3. The van der Waals surface area contributed by atoms with Gasteiger partial charge in [0.05, 0.1) is 23.6 Å². The normalized spacial score (nSPS) is 15.5. The number of thiazole rings is 1. The first-order chi connectivity index (χ1) is 15.3. The molecule has 3 aromatic rings. The molecule has 2 aliphatic rings. The number of amides is 1. The van der Waals surface area contributed by atoms with E-state index in [4.69, 9.17) is 9.47 Å². The van der Waals surface area contributed by atoms with E-state index in [9.17, 15) is 18.0 Å². The minimum absolute atomic E-state index is 0.0263. The third kappa shape index (κ3) is 4.50. The number of carbonyl (C=O) groups excluding carboxylic acids is 1. The highest BCUT2D eigenvalue weighted by atomic mass is 32.1. The van der Waals surface area contributed by atoms with Crippen molar-refractivity contribution in [2.24, 2.45) is 5.92 Å². The van der Waals surface area contributed by atoms with Crippen LogP contribution in [0, 0.1) is 5.92 Å². The molecule has 1 saturated carbocycles. The molecule has 2 N–H and O–H groups in total. The van der Waals surface area contributed by atoms with Gasteiger partial charge in [0, 0.05) is 16.6 Å². The third-order valence-corrected chi connectivity index (χ3v) is 5.88. The fraction of sp³-hybridized carbons (Fsp3) is 0.273. The van der Waals surface area contributed by atoms with Crippen LogP contribution in [0.3, 0.4) is 0 Å². The van der Waals surface area contributed by atoms with E-state index in [1.54, 1.807) is 23.6 Å². The van der Waals surface area contributed by atoms with Gasteiger partial charge in [-0.15, -0.1) is 11.3 Å². The lowest BCUT2D eigenvalue weighted by Gasteiger charge is -2.18. The number of halogens is 3. The number of nitrogens with zero attached hydrogens (tertiary/aromatic N) is 1. The Bertz CT molecular complexity index is 1170. The lowest BCUT2D eigenvalue weighted by atomic mass is 10.1. The largest absolute Gasteiger partial charge is 0.493 e. The predicted octanol–water partition coefficient (Wildman–Crippen LogP) is 5.69. The second-order valence-corrected chi connectivity index (χ2v) is 8.53. The van der Waals surface area contributed by atoms with Crippen molar-refractivity contribution in [3.05, 3.63) is 47.3 Å². The molecule has 10 heteroatoms. The Morgan fingerprint density at radius 1 is 1.22 bits per heavy atom. The quantitative estimate of drug-likeness (QED) is 0.493. The Hall–Kier alpha value is -3.27. The minimum Gasteiger partial charge on any atom is -0.493 e. The molecule has 0 saturated heterocycles. The summed E-state index contributed by atoms with van der Waals surface area (Å²) < 4.78 is 51.4. The van der Waals surface area contributed by atoms with Crippen LogP contribution in [0.4, 0.5) is 29.7 Å². The first-order valence-electron chi connectivity index (χ1n) is 9.99. The van der Waals surface area contributed by atoms with Crippen molar-refractivity contribution >= 4 is 33.8 Å². The predicted molar refractivity (Wildman–Crippen MR) is 115 cm³/mol. The molecule has 0 bridgehead atoms. The highest BCUT2D eigenvalue weighted by molar-refractivity contribution is 7.14. The van der Waals surface area contributed by atoms with E-state index in [0.29, 0.717) is 34.8 Å². The van der Waals surface area contributed by atoms with Gasteiger partial charge in [-0.25, -0.2) is 4.98 Å². The number of fused-ring (bicyclic) bond motifs is 1. The summed E-state index contributed by atoms with van der Waals surface area (Å²) >= 11 is 1.26. The molecule has 1 aromatic heterocycles. The van der Waals surface area contributed by atoms with Crippen molar-refractivity contribution in [2.45, 2.75) is 19.0 Å². The van der Waals surface area contributed by atoms with E-state index < -0.39 is 11.7 Å². The van der Waals surface area contributed by atoms with Gasteiger partial charge in [0.15, 0.2) is 11.7 Å². The summed E-state index contributed by atoms with van der Waals surface area (Å²) in [5.74, 6) is 0.533. The number of ether oxygens (including phenoxy) is 2. The fourth-order valence-corrected chi connectivity index (χ4v) is 4.02. The van der Waals surface area contributed by atoms with E-state index in [2.05, 4.69) is 15.6 Å². The molecule has 1 aliphatic heterocycles. The number of carbonyl (C=O) groups is 1. The molecule has 0 radical (unpaired) electrons. The van der Waals surface area contributed by atoms with Gasteiger partial charge in [0.1, 0.15) is 11.5 Å². The maximum absolute atomic E-state index is 13.5. The van der Waals surface area contributed by atoms with Crippen LogP contribution >= 0.6 is 11.3 Å². The van der Waals surface area contributed by atoms with E-state index in [0.717, 1.165) is 24.5 Å². The van der Waals surface area contributed by atoms with Crippen molar-refractivity contribution in [1.82, 2.24) is 4.98 Å². The van der Waals surface area contributed by atoms with Crippen molar-refractivity contribution < 1.29 is 27.4 Å². The van der Waals surface area contributed by atoms with Crippen LogP contribution in [-0.2, 0) is 11.0 Å². The van der Waals surface area contributed by atoms with Crippen molar-refractivity contribution in [2.75, 3.05) is 23.8 Å². The molecule has 32 heavy (non-hydrogen) atoms. The second kappa shape index (κ2) is 8.01. The Balaban J connectivity index is 1.35. The van der Waals surface area contributed by atoms with Crippen LogP contribution in [0.1, 0.15) is 18.4 Å². The molecular formula is C22H18F3N3O3S. The Morgan fingerprint density at radius 2 is 2.06 bits per heavy atom. The molecule has 0 unspecified atom stereocenters. The first-order valence-corrected chi connectivity index (χ1v) is 10.9. The zero-order valence-corrected chi connectivity index (χ0v) is 17.5. The van der Waals surface area contributed by atoms with E-state index in [1.807, 2.05) is 6.07 Å². The maximum atomic E-state index is 13.5. The molecular weight excluding hydrogens is 443 g/mol. The van der Waals surface area contributed by atoms with Gasteiger partial charge in [-0.05, 0) is 55.2 Å². The average Bonchev–Trinajstić information content (AvgIpc) is 3.48. The average molecular weight is 461 g/mol. The van der Waals surface area contributed by atoms with E-state index in [1.165, 1.54) is 17.4 Å². The lowest BCUT2D eigenvalue weighted by Crippen LogP contribution is -2.25. The molecule has 0 spiro atoms. The Labute approximate surface area is 185 Å². The van der Waals surface area contributed by atoms with Crippen LogP contribution < -0.4 is 20.1 Å².